The molecular weight excluding hydrogens is 270 g/mol. The topological polar surface area (TPSA) is 12.0 Å². The molecule has 0 saturated heterocycles. The second kappa shape index (κ2) is 4.78. The highest BCUT2D eigenvalue weighted by Crippen LogP contribution is 2.13. The van der Waals surface area contributed by atoms with Crippen LogP contribution in [0.1, 0.15) is 0 Å². The van der Waals surface area contributed by atoms with Crippen LogP contribution in [-0.2, 0) is 0 Å². The first-order valence-corrected chi connectivity index (χ1v) is 5.30. The summed E-state index contributed by atoms with van der Waals surface area (Å²) in [5.74, 6) is 0. The van der Waals surface area contributed by atoms with Crippen molar-refractivity contribution in [3.8, 4) is 0 Å². The van der Waals surface area contributed by atoms with Gasteiger partial charge in [0.1, 0.15) is 0 Å². The summed E-state index contributed by atoms with van der Waals surface area (Å²) < 4.78 is 1.11. The van der Waals surface area contributed by atoms with Gasteiger partial charge in [-0.3, -0.25) is 0 Å². The Morgan fingerprint density at radius 3 is 2.36 bits per heavy atom. The fourth-order valence-electron chi connectivity index (χ4n) is 0.759. The molecule has 0 radical (unpaired) electrons. The first-order chi connectivity index (χ1) is 5.33. The molecule has 60 valence electrons. The minimum Gasteiger partial charge on any atom is -0.384 e. The van der Waals surface area contributed by atoms with Crippen molar-refractivity contribution in [2.24, 2.45) is 0 Å². The Morgan fingerprint density at radius 1 is 1.18 bits per heavy atom. The van der Waals surface area contributed by atoms with Crippen molar-refractivity contribution in [2.45, 2.75) is 0 Å². The Labute approximate surface area is 83.4 Å². The number of benzene rings is 1. The van der Waals surface area contributed by atoms with Crippen molar-refractivity contribution in [1.29, 1.82) is 0 Å². The maximum atomic E-state index is 3.38. The predicted octanol–water partition coefficient (Wildman–Crippen LogP) is 3.26. The monoisotopic (exact) mass is 277 g/mol. The lowest BCUT2D eigenvalue weighted by molar-refractivity contribution is 1.24. The van der Waals surface area contributed by atoms with Gasteiger partial charge in [0.2, 0.25) is 0 Å². The largest absolute Gasteiger partial charge is 0.384 e. The summed E-state index contributed by atoms with van der Waals surface area (Å²) in [6.45, 7) is 0.960. The highest BCUT2D eigenvalue weighted by atomic mass is 79.9. The molecule has 0 aromatic heterocycles. The normalized spacial score (nSPS) is 9.64. The van der Waals surface area contributed by atoms with Gasteiger partial charge >= 0.3 is 0 Å². The SMILES string of the molecule is BrCCNc1ccc(Br)cc1. The highest BCUT2D eigenvalue weighted by Gasteiger charge is 1.89. The molecule has 0 heterocycles. The molecule has 0 aliphatic heterocycles. The van der Waals surface area contributed by atoms with Gasteiger partial charge in [-0.05, 0) is 24.3 Å². The summed E-state index contributed by atoms with van der Waals surface area (Å²) in [5.41, 5.74) is 1.16. The summed E-state index contributed by atoms with van der Waals surface area (Å²) >= 11 is 6.73. The Balaban J connectivity index is 2.52. The van der Waals surface area contributed by atoms with E-state index >= 15 is 0 Å². The molecule has 1 aromatic rings. The quantitative estimate of drug-likeness (QED) is 0.837. The van der Waals surface area contributed by atoms with Gasteiger partial charge in [0, 0.05) is 22.0 Å². The van der Waals surface area contributed by atoms with Gasteiger partial charge in [0.05, 0.1) is 0 Å². The third kappa shape index (κ3) is 3.25. The molecule has 0 unspecified atom stereocenters. The van der Waals surface area contributed by atoms with E-state index in [1.165, 1.54) is 0 Å². The molecule has 0 aliphatic rings. The second-order valence-electron chi connectivity index (χ2n) is 2.12. The van der Waals surface area contributed by atoms with Crippen molar-refractivity contribution in [3.63, 3.8) is 0 Å². The fraction of sp³-hybridized carbons (Fsp3) is 0.250. The molecule has 0 saturated carbocycles. The Hall–Kier alpha value is -0.0200. The summed E-state index contributed by atoms with van der Waals surface area (Å²) in [6, 6.07) is 8.15. The molecule has 1 aromatic carbocycles. The lowest BCUT2D eigenvalue weighted by Crippen LogP contribution is -2.01. The molecule has 3 heteroatoms. The Bertz CT molecular complexity index is 208. The zero-order valence-electron chi connectivity index (χ0n) is 5.98. The lowest BCUT2D eigenvalue weighted by Gasteiger charge is -2.02. The van der Waals surface area contributed by atoms with Gasteiger partial charge in [-0.1, -0.05) is 31.9 Å². The zero-order chi connectivity index (χ0) is 8.10. The van der Waals surface area contributed by atoms with Gasteiger partial charge in [0.15, 0.2) is 0 Å². The van der Waals surface area contributed by atoms with Crippen LogP contribution in [0.3, 0.4) is 0 Å². The third-order valence-corrected chi connectivity index (χ3v) is 2.19. The first-order valence-electron chi connectivity index (χ1n) is 3.38. The maximum absolute atomic E-state index is 3.38. The summed E-state index contributed by atoms with van der Waals surface area (Å²) in [4.78, 5) is 0. The van der Waals surface area contributed by atoms with Crippen molar-refractivity contribution in [2.75, 3.05) is 17.2 Å². The number of anilines is 1. The highest BCUT2D eigenvalue weighted by molar-refractivity contribution is 9.10. The van der Waals surface area contributed by atoms with Crippen LogP contribution in [0, 0.1) is 0 Å². The van der Waals surface area contributed by atoms with Gasteiger partial charge in [-0.25, -0.2) is 0 Å². The summed E-state index contributed by atoms with van der Waals surface area (Å²) in [7, 11) is 0. The zero-order valence-corrected chi connectivity index (χ0v) is 9.15. The molecular formula is C8H9Br2N. The number of hydrogen-bond donors (Lipinski definition) is 1. The summed E-state index contributed by atoms with van der Waals surface area (Å²) in [5, 5.41) is 4.23. The molecule has 0 fully saturated rings. The van der Waals surface area contributed by atoms with Crippen LogP contribution in [0.5, 0.6) is 0 Å². The van der Waals surface area contributed by atoms with Crippen LogP contribution >= 0.6 is 31.9 Å². The van der Waals surface area contributed by atoms with Crippen molar-refractivity contribution < 1.29 is 0 Å². The van der Waals surface area contributed by atoms with E-state index in [2.05, 4.69) is 37.2 Å². The van der Waals surface area contributed by atoms with E-state index in [0.717, 1.165) is 22.0 Å². The summed E-state index contributed by atoms with van der Waals surface area (Å²) in [6.07, 6.45) is 0. The van der Waals surface area contributed by atoms with E-state index in [9.17, 15) is 0 Å². The van der Waals surface area contributed by atoms with Crippen LogP contribution < -0.4 is 5.32 Å². The standard InChI is InChI=1S/C8H9Br2N/c9-5-6-11-8-3-1-7(10)2-4-8/h1-4,11H,5-6H2. The van der Waals surface area contributed by atoms with Gasteiger partial charge < -0.3 is 5.32 Å². The molecule has 0 amide bonds. The minimum absolute atomic E-state index is 0.960. The predicted molar refractivity (Wildman–Crippen MR) is 56.4 cm³/mol. The van der Waals surface area contributed by atoms with E-state index in [1.54, 1.807) is 0 Å². The number of nitrogens with one attached hydrogen (secondary N) is 1. The van der Waals surface area contributed by atoms with E-state index in [1.807, 2.05) is 24.3 Å². The average molecular weight is 279 g/mol. The van der Waals surface area contributed by atoms with Crippen molar-refractivity contribution in [3.05, 3.63) is 28.7 Å². The van der Waals surface area contributed by atoms with E-state index in [0.29, 0.717) is 0 Å². The molecule has 0 aliphatic carbocycles. The van der Waals surface area contributed by atoms with Crippen molar-refractivity contribution in [1.82, 2.24) is 0 Å². The maximum Gasteiger partial charge on any atom is 0.0341 e. The van der Waals surface area contributed by atoms with E-state index < -0.39 is 0 Å². The number of hydrogen-bond acceptors (Lipinski definition) is 1. The van der Waals surface area contributed by atoms with E-state index in [4.69, 9.17) is 0 Å². The van der Waals surface area contributed by atoms with Gasteiger partial charge in [-0.2, -0.15) is 0 Å². The number of rotatable bonds is 3. The fourth-order valence-corrected chi connectivity index (χ4v) is 1.22. The molecule has 0 atom stereocenters. The molecule has 1 rings (SSSR count). The second-order valence-corrected chi connectivity index (χ2v) is 3.83. The molecule has 1 nitrogen and oxygen atoms in total. The van der Waals surface area contributed by atoms with Crippen LogP contribution in [0.4, 0.5) is 5.69 Å². The van der Waals surface area contributed by atoms with Gasteiger partial charge in [0.25, 0.3) is 0 Å². The molecule has 0 bridgehead atoms. The van der Waals surface area contributed by atoms with E-state index in [-0.39, 0.29) is 0 Å². The molecule has 0 spiro atoms. The average Bonchev–Trinajstić information content (AvgIpc) is 2.04. The smallest absolute Gasteiger partial charge is 0.0341 e. The molecule has 1 N–H and O–H groups in total. The van der Waals surface area contributed by atoms with Crippen LogP contribution in [0.25, 0.3) is 0 Å². The third-order valence-electron chi connectivity index (χ3n) is 1.27. The number of alkyl halides is 1. The Morgan fingerprint density at radius 2 is 1.82 bits per heavy atom. The minimum atomic E-state index is 0.960. The Kier molecular flexibility index (Phi) is 3.94. The van der Waals surface area contributed by atoms with Crippen LogP contribution in [0.2, 0.25) is 0 Å². The lowest BCUT2D eigenvalue weighted by atomic mass is 10.3. The van der Waals surface area contributed by atoms with Gasteiger partial charge in [-0.15, -0.1) is 0 Å². The van der Waals surface area contributed by atoms with Crippen LogP contribution in [-0.4, -0.2) is 11.9 Å². The van der Waals surface area contributed by atoms with Crippen molar-refractivity contribution >= 4 is 37.5 Å². The van der Waals surface area contributed by atoms with Crippen LogP contribution in [0.15, 0.2) is 28.7 Å². The first kappa shape index (κ1) is 9.07. The number of halogens is 2. The molecule has 11 heavy (non-hydrogen) atoms.